The second-order valence-electron chi connectivity index (χ2n) is 6.73. The predicted octanol–water partition coefficient (Wildman–Crippen LogP) is 2.02. The van der Waals surface area contributed by atoms with Crippen molar-refractivity contribution >= 4 is 24.0 Å². The Kier molecular flexibility index (Phi) is 10.3. The predicted molar refractivity (Wildman–Crippen MR) is 91.4 cm³/mol. The SMILES string of the molecule is CCCCOC(=O)CC[C@H](NC(=O)OC(C)(C)C)C(=O)O[C@@H](C)C(=O)O. The second-order valence-corrected chi connectivity index (χ2v) is 6.73. The van der Waals surface area contributed by atoms with E-state index in [4.69, 9.17) is 19.3 Å². The number of amides is 1. The van der Waals surface area contributed by atoms with Crippen molar-refractivity contribution in [2.45, 2.75) is 78.0 Å². The molecule has 0 radical (unpaired) electrons. The van der Waals surface area contributed by atoms with Crippen LogP contribution in [0.3, 0.4) is 0 Å². The van der Waals surface area contributed by atoms with E-state index in [0.29, 0.717) is 0 Å². The van der Waals surface area contributed by atoms with Gasteiger partial charge in [-0.25, -0.2) is 14.4 Å². The maximum atomic E-state index is 12.1. The van der Waals surface area contributed by atoms with E-state index in [1.54, 1.807) is 20.8 Å². The van der Waals surface area contributed by atoms with E-state index >= 15 is 0 Å². The lowest BCUT2D eigenvalue weighted by atomic mass is 10.1. The van der Waals surface area contributed by atoms with Gasteiger partial charge in [0.2, 0.25) is 0 Å². The van der Waals surface area contributed by atoms with Crippen LogP contribution < -0.4 is 5.32 Å². The van der Waals surface area contributed by atoms with Gasteiger partial charge in [0, 0.05) is 6.42 Å². The van der Waals surface area contributed by atoms with Gasteiger partial charge in [0.15, 0.2) is 6.10 Å². The highest BCUT2D eigenvalue weighted by molar-refractivity contribution is 5.84. The van der Waals surface area contributed by atoms with E-state index in [2.05, 4.69) is 5.32 Å². The van der Waals surface area contributed by atoms with Crippen molar-refractivity contribution in [3.8, 4) is 0 Å². The molecule has 0 rings (SSSR count). The van der Waals surface area contributed by atoms with Crippen molar-refractivity contribution in [2.75, 3.05) is 6.61 Å². The number of aliphatic carboxylic acids is 1. The number of hydrogen-bond acceptors (Lipinski definition) is 7. The Morgan fingerprint density at radius 1 is 1.15 bits per heavy atom. The first-order valence-electron chi connectivity index (χ1n) is 8.54. The number of hydrogen-bond donors (Lipinski definition) is 2. The van der Waals surface area contributed by atoms with Crippen LogP contribution in [0.2, 0.25) is 0 Å². The summed E-state index contributed by atoms with van der Waals surface area (Å²) < 4.78 is 14.8. The normalized spacial score (nSPS) is 13.3. The summed E-state index contributed by atoms with van der Waals surface area (Å²) in [6.45, 7) is 8.37. The van der Waals surface area contributed by atoms with Gasteiger partial charge in [0.25, 0.3) is 0 Å². The molecule has 9 heteroatoms. The Morgan fingerprint density at radius 3 is 2.27 bits per heavy atom. The van der Waals surface area contributed by atoms with Crippen LogP contribution in [0.25, 0.3) is 0 Å². The van der Waals surface area contributed by atoms with Crippen LogP contribution >= 0.6 is 0 Å². The molecule has 0 aliphatic rings. The Labute approximate surface area is 153 Å². The molecule has 2 atom stereocenters. The largest absolute Gasteiger partial charge is 0.479 e. The summed E-state index contributed by atoms with van der Waals surface area (Å²) in [5.74, 6) is -2.81. The van der Waals surface area contributed by atoms with E-state index in [1.165, 1.54) is 6.92 Å². The van der Waals surface area contributed by atoms with Crippen molar-refractivity contribution in [1.29, 1.82) is 0 Å². The van der Waals surface area contributed by atoms with Crippen LogP contribution in [0.4, 0.5) is 4.79 Å². The van der Waals surface area contributed by atoms with Crippen molar-refractivity contribution in [1.82, 2.24) is 5.32 Å². The molecule has 0 fully saturated rings. The molecule has 0 aromatic rings. The van der Waals surface area contributed by atoms with Crippen molar-refractivity contribution in [3.05, 3.63) is 0 Å². The Balaban J connectivity index is 4.82. The molecule has 150 valence electrons. The average molecular weight is 375 g/mol. The monoisotopic (exact) mass is 375 g/mol. The Hall–Kier alpha value is -2.32. The number of ether oxygens (including phenoxy) is 3. The summed E-state index contributed by atoms with van der Waals surface area (Å²) in [5.41, 5.74) is -0.786. The highest BCUT2D eigenvalue weighted by Crippen LogP contribution is 2.09. The number of carboxylic acids is 1. The van der Waals surface area contributed by atoms with Crippen LogP contribution in [-0.2, 0) is 28.6 Å². The standard InChI is InChI=1S/C17H29NO8/c1-6-7-10-24-13(19)9-8-12(15(22)25-11(2)14(20)21)18-16(23)26-17(3,4)5/h11-12H,6-10H2,1-5H3,(H,18,23)(H,20,21)/t11-,12-/m0/s1. The number of nitrogens with one attached hydrogen (secondary N) is 1. The smallest absolute Gasteiger partial charge is 0.408 e. The molecule has 2 N–H and O–H groups in total. The molecular formula is C17H29NO8. The van der Waals surface area contributed by atoms with Gasteiger partial charge in [-0.1, -0.05) is 13.3 Å². The maximum Gasteiger partial charge on any atom is 0.408 e. The minimum Gasteiger partial charge on any atom is -0.479 e. The van der Waals surface area contributed by atoms with Crippen LogP contribution in [0, 0.1) is 0 Å². The quantitative estimate of drug-likeness (QED) is 0.337. The minimum absolute atomic E-state index is 0.102. The van der Waals surface area contributed by atoms with E-state index in [0.717, 1.165) is 12.8 Å². The number of alkyl carbamates (subject to hydrolysis) is 1. The average Bonchev–Trinajstić information content (AvgIpc) is 2.49. The Bertz CT molecular complexity index is 497. The summed E-state index contributed by atoms with van der Waals surface area (Å²) in [5, 5.41) is 11.1. The van der Waals surface area contributed by atoms with Crippen LogP contribution in [0.5, 0.6) is 0 Å². The van der Waals surface area contributed by atoms with Gasteiger partial charge in [-0.15, -0.1) is 0 Å². The summed E-state index contributed by atoms with van der Waals surface area (Å²) in [7, 11) is 0. The fourth-order valence-corrected chi connectivity index (χ4v) is 1.67. The topological polar surface area (TPSA) is 128 Å². The molecule has 0 aromatic heterocycles. The molecule has 0 saturated carbocycles. The zero-order valence-corrected chi connectivity index (χ0v) is 16.0. The zero-order valence-electron chi connectivity index (χ0n) is 16.0. The first-order chi connectivity index (χ1) is 12.0. The fourth-order valence-electron chi connectivity index (χ4n) is 1.67. The van der Waals surface area contributed by atoms with Crippen LogP contribution in [-0.4, -0.2) is 53.5 Å². The number of carboxylic acid groups (broad SMARTS) is 1. The summed E-state index contributed by atoms with van der Waals surface area (Å²) >= 11 is 0. The molecule has 0 aliphatic heterocycles. The first-order valence-corrected chi connectivity index (χ1v) is 8.54. The molecule has 0 saturated heterocycles. The van der Waals surface area contributed by atoms with E-state index < -0.39 is 41.7 Å². The van der Waals surface area contributed by atoms with Gasteiger partial charge >= 0.3 is 24.0 Å². The first kappa shape index (κ1) is 23.7. The number of rotatable bonds is 10. The highest BCUT2D eigenvalue weighted by Gasteiger charge is 2.29. The lowest BCUT2D eigenvalue weighted by molar-refractivity contribution is -0.164. The molecule has 0 unspecified atom stereocenters. The number of unbranched alkanes of at least 4 members (excludes halogenated alkanes) is 1. The van der Waals surface area contributed by atoms with Gasteiger partial charge in [0.1, 0.15) is 11.6 Å². The molecule has 0 aliphatic carbocycles. The van der Waals surface area contributed by atoms with Crippen LogP contribution in [0.1, 0.15) is 60.3 Å². The molecule has 9 nitrogen and oxygen atoms in total. The van der Waals surface area contributed by atoms with E-state index in [1.807, 2.05) is 6.92 Å². The van der Waals surface area contributed by atoms with Crippen LogP contribution in [0.15, 0.2) is 0 Å². The summed E-state index contributed by atoms with van der Waals surface area (Å²) in [6, 6.07) is -1.23. The van der Waals surface area contributed by atoms with Gasteiger partial charge in [0.05, 0.1) is 6.61 Å². The number of esters is 2. The van der Waals surface area contributed by atoms with Crippen molar-refractivity contribution in [3.63, 3.8) is 0 Å². The van der Waals surface area contributed by atoms with Gasteiger partial charge in [-0.05, 0) is 40.5 Å². The molecule has 1 amide bonds. The van der Waals surface area contributed by atoms with Crippen molar-refractivity contribution in [2.24, 2.45) is 0 Å². The third-order valence-corrected chi connectivity index (χ3v) is 3.01. The second kappa shape index (κ2) is 11.3. The minimum atomic E-state index is -1.39. The summed E-state index contributed by atoms with van der Waals surface area (Å²) in [6.07, 6.45) is -0.904. The summed E-state index contributed by atoms with van der Waals surface area (Å²) in [4.78, 5) is 46.5. The molecule has 0 spiro atoms. The maximum absolute atomic E-state index is 12.1. The third-order valence-electron chi connectivity index (χ3n) is 3.01. The van der Waals surface area contributed by atoms with Gasteiger partial charge < -0.3 is 24.6 Å². The van der Waals surface area contributed by atoms with Gasteiger partial charge in [-0.3, -0.25) is 4.79 Å². The lowest BCUT2D eigenvalue weighted by Crippen LogP contribution is -2.45. The molecule has 0 aromatic carbocycles. The molecule has 26 heavy (non-hydrogen) atoms. The lowest BCUT2D eigenvalue weighted by Gasteiger charge is -2.23. The molecule has 0 bridgehead atoms. The zero-order chi connectivity index (χ0) is 20.3. The number of carbonyl (C=O) groups excluding carboxylic acids is 3. The fraction of sp³-hybridized carbons (Fsp3) is 0.765. The third kappa shape index (κ3) is 11.3. The molecule has 0 heterocycles. The van der Waals surface area contributed by atoms with Crippen molar-refractivity contribution < 1.29 is 38.5 Å². The Morgan fingerprint density at radius 2 is 1.77 bits per heavy atom. The molecular weight excluding hydrogens is 346 g/mol. The van der Waals surface area contributed by atoms with Gasteiger partial charge in [-0.2, -0.15) is 0 Å². The highest BCUT2D eigenvalue weighted by atomic mass is 16.6. The van der Waals surface area contributed by atoms with E-state index in [-0.39, 0.29) is 19.4 Å². The number of carbonyl (C=O) groups is 4. The van der Waals surface area contributed by atoms with E-state index in [9.17, 15) is 19.2 Å².